The fourth-order valence-corrected chi connectivity index (χ4v) is 20.3. The molecule has 1 saturated heterocycles. The second kappa shape index (κ2) is 25.6. The van der Waals surface area contributed by atoms with Gasteiger partial charge in [0.25, 0.3) is 0 Å². The van der Waals surface area contributed by atoms with Gasteiger partial charge in [-0.15, -0.1) is 0 Å². The summed E-state index contributed by atoms with van der Waals surface area (Å²) in [6, 6.07) is 52.8. The number of aliphatic hydroxyl groups is 3. The van der Waals surface area contributed by atoms with Crippen LogP contribution >= 0.6 is 0 Å². The summed E-state index contributed by atoms with van der Waals surface area (Å²) in [5, 5.41) is 49.0. The largest absolute Gasteiger partial charge is 1.00 e. The van der Waals surface area contributed by atoms with E-state index >= 15 is 0 Å². The molecule has 0 amide bonds. The molecule has 0 radical (unpaired) electrons. The van der Waals surface area contributed by atoms with Crippen molar-refractivity contribution in [1.82, 2.24) is 0 Å². The van der Waals surface area contributed by atoms with E-state index in [0.717, 1.165) is 80.1 Å². The minimum absolute atomic E-state index is 0. The van der Waals surface area contributed by atoms with Crippen molar-refractivity contribution in [2.24, 2.45) is 69.7 Å². The van der Waals surface area contributed by atoms with Crippen LogP contribution in [0.1, 0.15) is 150 Å². The van der Waals surface area contributed by atoms with Crippen LogP contribution in [-0.2, 0) is 39.8 Å². The molecule has 93 heavy (non-hydrogen) atoms. The third-order valence-corrected chi connectivity index (χ3v) is 24.6. The molecule has 5 aliphatic carbocycles. The molecule has 3 fully saturated rings. The van der Waals surface area contributed by atoms with Crippen LogP contribution in [0.3, 0.4) is 0 Å². The number of phenols is 1. The van der Waals surface area contributed by atoms with Gasteiger partial charge in [0.2, 0.25) is 5.72 Å². The number of fused-ring (bicyclic) bond motifs is 10. The van der Waals surface area contributed by atoms with Crippen molar-refractivity contribution < 1.29 is 72.4 Å². The Kier molecular flexibility index (Phi) is 17.5. The normalized spacial score (nSPS) is 32.6. The summed E-state index contributed by atoms with van der Waals surface area (Å²) in [7, 11) is -4.98. The number of hydrogen-bond acceptors (Lipinski definition) is 10. The minimum Gasteiger partial charge on any atom is -0.748 e. The average molecular weight is 1270 g/mol. The summed E-state index contributed by atoms with van der Waals surface area (Å²) in [4.78, 5) is 5.41. The monoisotopic (exact) mass is 1270 g/mol. The van der Waals surface area contributed by atoms with E-state index in [9.17, 15) is 33.4 Å². The van der Waals surface area contributed by atoms with Crippen molar-refractivity contribution in [2.75, 3.05) is 6.61 Å². The van der Waals surface area contributed by atoms with Crippen LogP contribution in [0, 0.1) is 65.1 Å². The van der Waals surface area contributed by atoms with E-state index in [2.05, 4.69) is 134 Å². The zero-order chi connectivity index (χ0) is 63.2. The van der Waals surface area contributed by atoms with Gasteiger partial charge < -0.3 is 45.9 Å². The Morgan fingerprint density at radius 1 is 0.806 bits per heavy atom. The van der Waals surface area contributed by atoms with Crippen LogP contribution in [0.2, 0.25) is 0 Å². The molecule has 8 N–H and O–H groups in total. The third-order valence-electron chi connectivity index (χ3n) is 23.4. The van der Waals surface area contributed by atoms with Gasteiger partial charge in [0.1, 0.15) is 17.6 Å². The van der Waals surface area contributed by atoms with Crippen molar-refractivity contribution in [3.05, 3.63) is 237 Å². The first-order valence-electron chi connectivity index (χ1n) is 33.5. The number of phenolic OH excluding ortho intramolecular Hbond substituents is 1. The van der Waals surface area contributed by atoms with E-state index < -0.39 is 62.6 Å². The van der Waals surface area contributed by atoms with Crippen LogP contribution in [-0.4, -0.2) is 62.9 Å². The van der Waals surface area contributed by atoms with Crippen molar-refractivity contribution >= 4 is 26.9 Å². The Morgan fingerprint density at radius 2 is 1.57 bits per heavy atom. The van der Waals surface area contributed by atoms with Crippen molar-refractivity contribution in [1.29, 1.82) is 0 Å². The maximum absolute atomic E-state index is 14.6. The van der Waals surface area contributed by atoms with Crippen molar-refractivity contribution in [3.8, 4) is 23.3 Å². The number of nitrogens with two attached hydrogens (primary N) is 2. The van der Waals surface area contributed by atoms with E-state index in [1.54, 1.807) is 12.1 Å². The molecule has 10 aliphatic rings. The Balaban J connectivity index is 0.00000749. The minimum atomic E-state index is -4.98. The molecule has 5 aliphatic heterocycles. The molecule has 2 saturated carbocycles. The van der Waals surface area contributed by atoms with Gasteiger partial charge in [0.05, 0.1) is 33.2 Å². The molecule has 12 nitrogen and oxygen atoms in total. The summed E-state index contributed by atoms with van der Waals surface area (Å²) >= 11 is 0. The van der Waals surface area contributed by atoms with Gasteiger partial charge in [-0.25, -0.2) is 13.4 Å². The SMILES string of the molecule is C[C@@H]1CCc2cc3ccc2[C@H]1C[C@@H](S(=O)(=O)[O-])[C@H]1C=C2C[C@H](C[C@H]4C[C@@H](CO)CC#Cc5cc(O)ccc5[C@@H]2O4)[C@@H]1c1ccc(cc1)[C@](N=C(N)N)([C@H]1C[C@H]2C=C[C@@H]4[C@@H](c5ccc([C@@H](O)Cc6cccc7ccccc67)cc5)CC[C@H]2[C@]4(O)[C@@H]1Cc1ccccc1)O3.[Na+]. The molecule has 7 aromatic rings. The van der Waals surface area contributed by atoms with Crippen LogP contribution in [0.15, 0.2) is 187 Å². The van der Waals surface area contributed by atoms with Gasteiger partial charge in [0.15, 0.2) is 5.96 Å². The number of benzene rings is 7. The number of allylic oxidation sites excluding steroid dienone is 2. The molecular formula is C79H82N3NaO9S. The number of guanidine groups is 1. The number of aromatic hydroxyl groups is 1. The van der Waals surface area contributed by atoms with Crippen molar-refractivity contribution in [2.45, 2.75) is 137 Å². The summed E-state index contributed by atoms with van der Waals surface area (Å²) < 4.78 is 58.6. The predicted molar refractivity (Wildman–Crippen MR) is 356 cm³/mol. The first-order valence-corrected chi connectivity index (χ1v) is 35.0. The van der Waals surface area contributed by atoms with Crippen LogP contribution in [0.5, 0.6) is 11.5 Å². The molecule has 5 heterocycles. The van der Waals surface area contributed by atoms with Crippen LogP contribution in [0.4, 0.5) is 0 Å². The third kappa shape index (κ3) is 11.7. The topological polar surface area (TPSA) is 221 Å². The zero-order valence-electron chi connectivity index (χ0n) is 53.0. The van der Waals surface area contributed by atoms with Crippen molar-refractivity contribution in [3.63, 3.8) is 0 Å². The van der Waals surface area contributed by atoms with E-state index in [-0.39, 0.29) is 108 Å². The van der Waals surface area contributed by atoms with Gasteiger partial charge in [0, 0.05) is 53.9 Å². The molecule has 14 heteroatoms. The number of aliphatic hydroxyl groups excluding tert-OH is 2. The molecule has 474 valence electrons. The fraction of sp³-hybridized carbons (Fsp3) is 0.405. The smallest absolute Gasteiger partial charge is 0.748 e. The molecule has 0 unspecified atom stereocenters. The molecular weight excluding hydrogens is 1190 g/mol. The number of rotatable bonds is 10. The number of nitrogens with zero attached hydrogens (tertiary/aromatic N) is 1. The Hall–Kier alpha value is -6.54. The molecule has 18 atom stereocenters. The van der Waals surface area contributed by atoms with Gasteiger partial charge in [-0.3, -0.25) is 0 Å². The predicted octanol–water partition coefficient (Wildman–Crippen LogP) is 9.85. The maximum atomic E-state index is 14.6. The van der Waals surface area contributed by atoms with Gasteiger partial charge in [-0.2, -0.15) is 0 Å². The van der Waals surface area contributed by atoms with Crippen LogP contribution < -0.4 is 45.8 Å². The number of aliphatic imine (C=N–C) groups is 1. The van der Waals surface area contributed by atoms with Gasteiger partial charge in [-0.1, -0.05) is 170 Å². The first-order chi connectivity index (χ1) is 44.5. The molecule has 14 bridgehead atoms. The Morgan fingerprint density at radius 3 is 2.35 bits per heavy atom. The molecule has 7 aromatic carbocycles. The van der Waals surface area contributed by atoms with E-state index in [0.29, 0.717) is 68.2 Å². The maximum Gasteiger partial charge on any atom is 1.00 e. The molecule has 17 rings (SSSR count). The average Bonchev–Trinajstić information content (AvgIpc) is 0.732. The molecule has 0 aromatic heterocycles. The van der Waals surface area contributed by atoms with E-state index in [1.165, 1.54) is 0 Å². The second-order valence-electron chi connectivity index (χ2n) is 28.4. The Bertz CT molecular complexity index is 4220. The van der Waals surface area contributed by atoms with E-state index in [1.807, 2.05) is 48.5 Å². The number of hydrogen-bond donors (Lipinski definition) is 6. The fourth-order valence-electron chi connectivity index (χ4n) is 19.2. The Labute approximate surface area is 568 Å². The molecule has 0 spiro atoms. The zero-order valence-corrected chi connectivity index (χ0v) is 55.8. The van der Waals surface area contributed by atoms with Gasteiger partial charge >= 0.3 is 29.6 Å². The van der Waals surface area contributed by atoms with E-state index in [4.69, 9.17) is 25.9 Å². The standard InChI is InChI=1S/C79H83N3O9S.Na/c1-46-17-18-55-39-61-29-31-64(55)67(46)44-74(92(87,88)89)68-41-58-37-57(40-62-35-48(45-83)11-7-14-53-38-60(84)28-30-66(53)76(58)90-62)75(68)52-23-26-59(27-24-52)79(91-61,82-77(80)81)72-42-56-25-33-70-65(32-34-69(56)78(70,86)71(72)36-47-9-3-2-4-10-47)50-19-21-51(22-20-50)73(85)43-54-15-8-13-49-12-5-6-16-63(49)54;/h2-6,8-10,12-13,15-16,19-31,33,38-39,41,46,48,56-57,62,65,67-76,83-86H,11,17-18,32,34-37,40,42-45H2,1H3,(H4,80,81,82)(H,87,88,89);/q;+1/p-1/t46-,48+,56-,57-,62-,65-,67+,68-,69-,70-,71-,72+,73+,74-,75+,76-,78-,79-;/m1./s1. The summed E-state index contributed by atoms with van der Waals surface area (Å²) in [6.07, 6.45) is 11.8. The van der Waals surface area contributed by atoms with Crippen LogP contribution in [0.25, 0.3) is 10.8 Å². The van der Waals surface area contributed by atoms with Gasteiger partial charge in [-0.05, 0) is 197 Å². The first kappa shape index (κ1) is 63.8. The summed E-state index contributed by atoms with van der Waals surface area (Å²) in [6.45, 7) is 2.07. The summed E-state index contributed by atoms with van der Waals surface area (Å²) in [5.74, 6) is 3.63. The number of ether oxygens (including phenoxy) is 2. The quantitative estimate of drug-likeness (QED) is 0.0189. The number of aryl methyl sites for hydroxylation is 1. The summed E-state index contributed by atoms with van der Waals surface area (Å²) in [5.41, 5.74) is 20.6. The second-order valence-corrected chi connectivity index (χ2v) is 30.0.